The monoisotopic (exact) mass is 291 g/mol. The lowest BCUT2D eigenvalue weighted by atomic mass is 10.1. The summed E-state index contributed by atoms with van der Waals surface area (Å²) < 4.78 is 5.76. The summed E-state index contributed by atoms with van der Waals surface area (Å²) in [6.07, 6.45) is 9.62. The number of piperazine rings is 1. The fourth-order valence-electron chi connectivity index (χ4n) is 2.61. The maximum atomic E-state index is 5.76. The van der Waals surface area contributed by atoms with Crippen LogP contribution in [0.5, 0.6) is 5.75 Å². The van der Waals surface area contributed by atoms with Crippen LogP contribution < -0.4 is 15.0 Å². The van der Waals surface area contributed by atoms with Gasteiger partial charge in [-0.15, -0.1) is 0 Å². The highest BCUT2D eigenvalue weighted by molar-refractivity contribution is 5.41. The van der Waals surface area contributed by atoms with E-state index in [1.807, 2.05) is 12.3 Å². The molecule has 0 aliphatic carbocycles. The fraction of sp³-hybridized carbons (Fsp3) is 0.706. The van der Waals surface area contributed by atoms with E-state index >= 15 is 0 Å². The first-order valence-electron chi connectivity index (χ1n) is 8.44. The Kier molecular flexibility index (Phi) is 7.36. The first kappa shape index (κ1) is 16.1. The van der Waals surface area contributed by atoms with Gasteiger partial charge in [-0.3, -0.25) is 0 Å². The van der Waals surface area contributed by atoms with Crippen molar-refractivity contribution < 1.29 is 4.74 Å². The Labute approximate surface area is 128 Å². The Morgan fingerprint density at radius 3 is 2.57 bits per heavy atom. The lowest BCUT2D eigenvalue weighted by Crippen LogP contribution is -2.43. The third-order valence-electron chi connectivity index (χ3n) is 3.93. The molecule has 1 fully saturated rings. The van der Waals surface area contributed by atoms with E-state index in [1.54, 1.807) is 0 Å². The van der Waals surface area contributed by atoms with Crippen molar-refractivity contribution in [3.05, 3.63) is 18.3 Å². The molecule has 1 aromatic rings. The van der Waals surface area contributed by atoms with Crippen molar-refractivity contribution in [3.63, 3.8) is 0 Å². The average molecular weight is 291 g/mol. The highest BCUT2D eigenvalue weighted by Gasteiger charge is 2.11. The van der Waals surface area contributed by atoms with E-state index in [0.29, 0.717) is 0 Å². The van der Waals surface area contributed by atoms with Crippen molar-refractivity contribution in [1.82, 2.24) is 10.3 Å². The number of unbranched alkanes of at least 4 members (excludes halogenated alkanes) is 5. The number of nitrogens with one attached hydrogen (secondary N) is 1. The van der Waals surface area contributed by atoms with Crippen LogP contribution >= 0.6 is 0 Å². The van der Waals surface area contributed by atoms with Crippen LogP contribution in [0.25, 0.3) is 0 Å². The number of anilines is 1. The highest BCUT2D eigenvalue weighted by Crippen LogP contribution is 2.16. The molecule has 0 bridgehead atoms. The molecular weight excluding hydrogens is 262 g/mol. The van der Waals surface area contributed by atoms with E-state index < -0.39 is 0 Å². The quantitative estimate of drug-likeness (QED) is 0.709. The van der Waals surface area contributed by atoms with Crippen molar-refractivity contribution in [2.45, 2.75) is 45.4 Å². The number of hydrogen-bond donors (Lipinski definition) is 1. The highest BCUT2D eigenvalue weighted by atomic mass is 16.5. The molecule has 1 saturated heterocycles. The SMILES string of the molecule is CCCCCCCCOc1ccc(N2CCNCC2)nc1. The van der Waals surface area contributed by atoms with E-state index in [4.69, 9.17) is 4.74 Å². The molecule has 0 amide bonds. The van der Waals surface area contributed by atoms with Crippen molar-refractivity contribution in [1.29, 1.82) is 0 Å². The van der Waals surface area contributed by atoms with Crippen molar-refractivity contribution in [2.75, 3.05) is 37.7 Å². The molecule has 1 N–H and O–H groups in total. The van der Waals surface area contributed by atoms with E-state index in [1.165, 1.54) is 32.1 Å². The second-order valence-corrected chi connectivity index (χ2v) is 5.71. The number of nitrogens with zero attached hydrogens (tertiary/aromatic N) is 2. The van der Waals surface area contributed by atoms with Gasteiger partial charge in [0.1, 0.15) is 11.6 Å². The Balaban J connectivity index is 1.63. The minimum absolute atomic E-state index is 0.806. The molecule has 1 aliphatic rings. The Bertz CT molecular complexity index is 374. The molecule has 2 heterocycles. The second-order valence-electron chi connectivity index (χ2n) is 5.71. The fourth-order valence-corrected chi connectivity index (χ4v) is 2.61. The summed E-state index contributed by atoms with van der Waals surface area (Å²) in [5.41, 5.74) is 0. The maximum Gasteiger partial charge on any atom is 0.137 e. The standard InChI is InChI=1S/C17H29N3O/c1-2-3-4-5-6-7-14-21-16-8-9-17(19-15-16)20-12-10-18-11-13-20/h8-9,15,18H,2-7,10-14H2,1H3. The molecular formula is C17H29N3O. The van der Waals surface area contributed by atoms with Gasteiger partial charge in [0.2, 0.25) is 0 Å². The van der Waals surface area contributed by atoms with Gasteiger partial charge < -0.3 is 15.0 Å². The van der Waals surface area contributed by atoms with Crippen LogP contribution in [-0.2, 0) is 0 Å². The first-order chi connectivity index (χ1) is 10.4. The molecule has 1 aliphatic heterocycles. The smallest absolute Gasteiger partial charge is 0.137 e. The molecule has 0 aromatic carbocycles. The van der Waals surface area contributed by atoms with Gasteiger partial charge in [0.25, 0.3) is 0 Å². The molecule has 4 heteroatoms. The summed E-state index contributed by atoms with van der Waals surface area (Å²) in [6.45, 7) is 7.20. The Morgan fingerprint density at radius 1 is 1.10 bits per heavy atom. The number of ether oxygens (including phenoxy) is 1. The number of pyridine rings is 1. The summed E-state index contributed by atoms with van der Waals surface area (Å²) in [7, 11) is 0. The van der Waals surface area contributed by atoms with Crippen LogP contribution in [0, 0.1) is 0 Å². The Morgan fingerprint density at radius 2 is 1.86 bits per heavy atom. The van der Waals surface area contributed by atoms with E-state index in [-0.39, 0.29) is 0 Å². The van der Waals surface area contributed by atoms with Gasteiger partial charge in [-0.2, -0.15) is 0 Å². The van der Waals surface area contributed by atoms with Crippen molar-refractivity contribution in [2.24, 2.45) is 0 Å². The second kappa shape index (κ2) is 9.61. The van der Waals surface area contributed by atoms with Crippen LogP contribution in [0.2, 0.25) is 0 Å². The Hall–Kier alpha value is -1.29. The molecule has 0 spiro atoms. The lowest BCUT2D eigenvalue weighted by Gasteiger charge is -2.28. The van der Waals surface area contributed by atoms with Gasteiger partial charge in [-0.1, -0.05) is 39.0 Å². The van der Waals surface area contributed by atoms with E-state index in [0.717, 1.165) is 50.8 Å². The topological polar surface area (TPSA) is 37.4 Å². The van der Waals surface area contributed by atoms with Gasteiger partial charge in [0, 0.05) is 26.2 Å². The van der Waals surface area contributed by atoms with Gasteiger partial charge in [-0.25, -0.2) is 4.98 Å². The van der Waals surface area contributed by atoms with Crippen molar-refractivity contribution >= 4 is 5.82 Å². The molecule has 118 valence electrons. The van der Waals surface area contributed by atoms with Crippen LogP contribution in [0.4, 0.5) is 5.82 Å². The van der Waals surface area contributed by atoms with Crippen molar-refractivity contribution in [3.8, 4) is 5.75 Å². The lowest BCUT2D eigenvalue weighted by molar-refractivity contribution is 0.303. The molecule has 21 heavy (non-hydrogen) atoms. The van der Waals surface area contributed by atoms with Gasteiger partial charge >= 0.3 is 0 Å². The number of hydrogen-bond acceptors (Lipinski definition) is 4. The zero-order chi connectivity index (χ0) is 14.8. The molecule has 2 rings (SSSR count). The molecule has 0 radical (unpaired) electrons. The third-order valence-corrected chi connectivity index (χ3v) is 3.93. The van der Waals surface area contributed by atoms with Crippen LogP contribution in [0.15, 0.2) is 18.3 Å². The summed E-state index contributed by atoms with van der Waals surface area (Å²) in [6, 6.07) is 4.11. The van der Waals surface area contributed by atoms with E-state index in [2.05, 4.69) is 28.2 Å². The zero-order valence-corrected chi connectivity index (χ0v) is 13.3. The van der Waals surface area contributed by atoms with Crippen LogP contribution in [0.1, 0.15) is 45.4 Å². The molecule has 0 unspecified atom stereocenters. The van der Waals surface area contributed by atoms with Crippen LogP contribution in [-0.4, -0.2) is 37.8 Å². The third kappa shape index (κ3) is 5.92. The first-order valence-corrected chi connectivity index (χ1v) is 8.44. The molecule has 4 nitrogen and oxygen atoms in total. The van der Waals surface area contributed by atoms with E-state index in [9.17, 15) is 0 Å². The maximum absolute atomic E-state index is 5.76. The van der Waals surface area contributed by atoms with Gasteiger partial charge in [-0.05, 0) is 18.6 Å². The van der Waals surface area contributed by atoms with Gasteiger partial charge in [0.15, 0.2) is 0 Å². The van der Waals surface area contributed by atoms with Gasteiger partial charge in [0.05, 0.1) is 12.8 Å². The normalized spacial score (nSPS) is 15.2. The molecule has 1 aromatic heterocycles. The summed E-state index contributed by atoms with van der Waals surface area (Å²) in [4.78, 5) is 6.83. The predicted molar refractivity (Wildman–Crippen MR) is 88.2 cm³/mol. The summed E-state index contributed by atoms with van der Waals surface area (Å²) in [5, 5.41) is 3.35. The zero-order valence-electron chi connectivity index (χ0n) is 13.3. The number of rotatable bonds is 9. The summed E-state index contributed by atoms with van der Waals surface area (Å²) in [5.74, 6) is 1.95. The molecule has 0 saturated carbocycles. The predicted octanol–water partition coefficient (Wildman–Crippen LogP) is 3.23. The minimum Gasteiger partial charge on any atom is -0.492 e. The van der Waals surface area contributed by atoms with Crippen LogP contribution in [0.3, 0.4) is 0 Å². The molecule has 0 atom stereocenters. The number of aromatic nitrogens is 1. The average Bonchev–Trinajstić information content (AvgIpc) is 2.55. The minimum atomic E-state index is 0.806. The summed E-state index contributed by atoms with van der Waals surface area (Å²) >= 11 is 0. The largest absolute Gasteiger partial charge is 0.492 e.